The van der Waals surface area contributed by atoms with Crippen LogP contribution in [0.4, 0.5) is 4.79 Å². The van der Waals surface area contributed by atoms with Crippen LogP contribution in [0.3, 0.4) is 0 Å². The number of urea groups is 1. The van der Waals surface area contributed by atoms with Crippen molar-refractivity contribution in [2.45, 2.75) is 26.7 Å². The van der Waals surface area contributed by atoms with Gasteiger partial charge in [-0.05, 0) is 26.7 Å². The lowest BCUT2D eigenvalue weighted by molar-refractivity contribution is 0.218. The SMILES string of the molecule is Cc1cc(-n2ccs/c2=N\C(=O)N2CCCC2)nc(C)n1. The smallest absolute Gasteiger partial charge is 0.323 e. The molecule has 2 aromatic heterocycles. The number of nitrogens with zero attached hydrogens (tertiary/aromatic N) is 5. The summed E-state index contributed by atoms with van der Waals surface area (Å²) in [5.41, 5.74) is 0.896. The number of carbonyl (C=O) groups excluding carboxylic acids is 1. The van der Waals surface area contributed by atoms with Crippen LogP contribution in [0.2, 0.25) is 0 Å². The first-order chi connectivity index (χ1) is 10.1. The summed E-state index contributed by atoms with van der Waals surface area (Å²) in [4.78, 5) is 27.5. The van der Waals surface area contributed by atoms with Gasteiger partial charge in [0, 0.05) is 36.4 Å². The van der Waals surface area contributed by atoms with Gasteiger partial charge in [-0.25, -0.2) is 14.8 Å². The maximum Gasteiger partial charge on any atom is 0.346 e. The second kappa shape index (κ2) is 5.77. The molecule has 1 fully saturated rings. The molecule has 0 aliphatic carbocycles. The van der Waals surface area contributed by atoms with Gasteiger partial charge in [-0.3, -0.25) is 4.57 Å². The predicted octanol–water partition coefficient (Wildman–Crippen LogP) is 2.06. The molecule has 0 N–H and O–H groups in total. The van der Waals surface area contributed by atoms with Gasteiger partial charge in [0.05, 0.1) is 0 Å². The van der Waals surface area contributed by atoms with Crippen molar-refractivity contribution in [2.24, 2.45) is 4.99 Å². The number of aryl methyl sites for hydroxylation is 2. The van der Waals surface area contributed by atoms with Crippen molar-refractivity contribution >= 4 is 17.4 Å². The van der Waals surface area contributed by atoms with Gasteiger partial charge in [0.25, 0.3) is 0 Å². The van der Waals surface area contributed by atoms with E-state index in [1.165, 1.54) is 11.3 Å². The Balaban J connectivity index is 1.98. The summed E-state index contributed by atoms with van der Waals surface area (Å²) in [5.74, 6) is 1.45. The Morgan fingerprint density at radius 2 is 2.05 bits per heavy atom. The molecule has 3 rings (SSSR count). The Labute approximate surface area is 126 Å². The van der Waals surface area contributed by atoms with Crippen molar-refractivity contribution in [1.82, 2.24) is 19.4 Å². The molecule has 1 aliphatic heterocycles. The average molecular weight is 303 g/mol. The molecule has 3 heterocycles. The van der Waals surface area contributed by atoms with Gasteiger partial charge in [0.1, 0.15) is 11.6 Å². The van der Waals surface area contributed by atoms with E-state index in [0.717, 1.165) is 37.4 Å². The molecule has 0 radical (unpaired) electrons. The predicted molar refractivity (Wildman–Crippen MR) is 80.5 cm³/mol. The molecule has 1 aliphatic rings. The van der Waals surface area contributed by atoms with Crippen molar-refractivity contribution in [3.8, 4) is 5.82 Å². The number of hydrogen-bond acceptors (Lipinski definition) is 4. The first kappa shape index (κ1) is 13.9. The molecule has 7 heteroatoms. The van der Waals surface area contributed by atoms with E-state index < -0.39 is 0 Å². The lowest BCUT2D eigenvalue weighted by Gasteiger charge is -2.10. The minimum atomic E-state index is -0.161. The highest BCUT2D eigenvalue weighted by Gasteiger charge is 2.17. The lowest BCUT2D eigenvalue weighted by atomic mass is 10.4. The zero-order chi connectivity index (χ0) is 14.8. The topological polar surface area (TPSA) is 63.4 Å². The zero-order valence-corrected chi connectivity index (χ0v) is 12.9. The molecule has 21 heavy (non-hydrogen) atoms. The molecule has 0 aromatic carbocycles. The quantitative estimate of drug-likeness (QED) is 0.810. The van der Waals surface area contributed by atoms with E-state index in [1.54, 1.807) is 4.90 Å². The molecule has 2 amide bonds. The number of carbonyl (C=O) groups is 1. The van der Waals surface area contributed by atoms with Crippen LogP contribution in [0.15, 0.2) is 22.6 Å². The Bertz CT molecular complexity index is 707. The number of hydrogen-bond donors (Lipinski definition) is 0. The van der Waals surface area contributed by atoms with E-state index in [4.69, 9.17) is 0 Å². The molecule has 2 aromatic rings. The van der Waals surface area contributed by atoms with Crippen molar-refractivity contribution in [3.05, 3.63) is 34.0 Å². The minimum absolute atomic E-state index is 0.161. The van der Waals surface area contributed by atoms with E-state index in [-0.39, 0.29) is 6.03 Å². The van der Waals surface area contributed by atoms with Crippen LogP contribution in [0.5, 0.6) is 0 Å². The van der Waals surface area contributed by atoms with Gasteiger partial charge < -0.3 is 4.90 Å². The number of aromatic nitrogens is 3. The average Bonchev–Trinajstić information content (AvgIpc) is 3.08. The Morgan fingerprint density at radius 3 is 2.76 bits per heavy atom. The Hall–Kier alpha value is -2.02. The summed E-state index contributed by atoms with van der Waals surface area (Å²) < 4.78 is 1.83. The van der Waals surface area contributed by atoms with Crippen LogP contribution < -0.4 is 4.80 Å². The largest absolute Gasteiger partial charge is 0.346 e. The second-order valence-corrected chi connectivity index (χ2v) is 5.93. The zero-order valence-electron chi connectivity index (χ0n) is 12.1. The van der Waals surface area contributed by atoms with E-state index in [1.807, 2.05) is 36.1 Å². The van der Waals surface area contributed by atoms with Crippen LogP contribution in [0.1, 0.15) is 24.4 Å². The molecular formula is C14H17N5OS. The van der Waals surface area contributed by atoms with Crippen molar-refractivity contribution < 1.29 is 4.79 Å². The van der Waals surface area contributed by atoms with Crippen LogP contribution in [-0.4, -0.2) is 38.6 Å². The number of rotatable bonds is 1. The van der Waals surface area contributed by atoms with Gasteiger partial charge in [0.15, 0.2) is 4.80 Å². The maximum absolute atomic E-state index is 12.1. The maximum atomic E-state index is 12.1. The first-order valence-corrected chi connectivity index (χ1v) is 7.84. The van der Waals surface area contributed by atoms with Crippen LogP contribution >= 0.6 is 11.3 Å². The van der Waals surface area contributed by atoms with Crippen molar-refractivity contribution in [2.75, 3.05) is 13.1 Å². The van der Waals surface area contributed by atoms with E-state index >= 15 is 0 Å². The normalized spacial score (nSPS) is 15.7. The van der Waals surface area contributed by atoms with Crippen molar-refractivity contribution in [1.29, 1.82) is 0 Å². The van der Waals surface area contributed by atoms with Gasteiger partial charge in [-0.1, -0.05) is 0 Å². The molecule has 0 unspecified atom stereocenters. The molecule has 1 saturated heterocycles. The lowest BCUT2D eigenvalue weighted by Crippen LogP contribution is -2.27. The van der Waals surface area contributed by atoms with E-state index in [2.05, 4.69) is 15.0 Å². The molecular weight excluding hydrogens is 286 g/mol. The molecule has 0 bridgehead atoms. The van der Waals surface area contributed by atoms with Crippen molar-refractivity contribution in [3.63, 3.8) is 0 Å². The fourth-order valence-corrected chi connectivity index (χ4v) is 3.11. The Kier molecular flexibility index (Phi) is 3.83. The van der Waals surface area contributed by atoms with Crippen LogP contribution in [0.25, 0.3) is 5.82 Å². The summed E-state index contributed by atoms with van der Waals surface area (Å²) in [5, 5.41) is 1.91. The molecule has 0 atom stereocenters. The molecule has 6 nitrogen and oxygen atoms in total. The summed E-state index contributed by atoms with van der Waals surface area (Å²) >= 11 is 1.43. The molecule has 0 saturated carbocycles. The number of likely N-dealkylation sites (tertiary alicyclic amines) is 1. The minimum Gasteiger partial charge on any atom is -0.323 e. The number of amides is 2. The summed E-state index contributed by atoms with van der Waals surface area (Å²) in [7, 11) is 0. The first-order valence-electron chi connectivity index (χ1n) is 6.96. The van der Waals surface area contributed by atoms with E-state index in [0.29, 0.717) is 10.6 Å². The molecule has 0 spiro atoms. The Morgan fingerprint density at radius 1 is 1.29 bits per heavy atom. The highest BCUT2D eigenvalue weighted by Crippen LogP contribution is 2.09. The number of thiazole rings is 1. The summed E-state index contributed by atoms with van der Waals surface area (Å²) in [6.45, 7) is 5.39. The fraction of sp³-hybridized carbons (Fsp3) is 0.429. The second-order valence-electron chi connectivity index (χ2n) is 5.06. The third-order valence-electron chi connectivity index (χ3n) is 3.36. The van der Waals surface area contributed by atoms with Gasteiger partial charge >= 0.3 is 6.03 Å². The van der Waals surface area contributed by atoms with Gasteiger partial charge in [0.2, 0.25) is 0 Å². The monoisotopic (exact) mass is 303 g/mol. The summed E-state index contributed by atoms with van der Waals surface area (Å²) in [6.07, 6.45) is 4.01. The third kappa shape index (κ3) is 3.02. The fourth-order valence-electron chi connectivity index (χ4n) is 2.41. The van der Waals surface area contributed by atoms with E-state index in [9.17, 15) is 4.79 Å². The molecule has 110 valence electrons. The standard InChI is InChI=1S/C14H17N5OS/c1-10-9-12(16-11(2)15-10)19-7-8-21-14(19)17-13(20)18-5-3-4-6-18/h7-9H,3-6H2,1-2H3/b17-14-. The third-order valence-corrected chi connectivity index (χ3v) is 4.11. The van der Waals surface area contributed by atoms with Gasteiger partial charge in [-0.2, -0.15) is 4.99 Å². The highest BCUT2D eigenvalue weighted by atomic mass is 32.1. The summed E-state index contributed by atoms with van der Waals surface area (Å²) in [6, 6.07) is 1.73. The van der Waals surface area contributed by atoms with Gasteiger partial charge in [-0.15, -0.1) is 11.3 Å². The van der Waals surface area contributed by atoms with Crippen LogP contribution in [0, 0.1) is 13.8 Å². The highest BCUT2D eigenvalue weighted by molar-refractivity contribution is 7.07. The van der Waals surface area contributed by atoms with Crippen LogP contribution in [-0.2, 0) is 0 Å².